The summed E-state index contributed by atoms with van der Waals surface area (Å²) in [6, 6.07) is 6.57. The van der Waals surface area contributed by atoms with Gasteiger partial charge in [0.05, 0.1) is 30.3 Å². The Bertz CT molecular complexity index is 1100. The fourth-order valence-electron chi connectivity index (χ4n) is 3.78. The number of aromatic hydroxyl groups is 1. The van der Waals surface area contributed by atoms with E-state index in [2.05, 4.69) is 14.6 Å². The number of halogens is 3. The number of piperidine rings is 1. The van der Waals surface area contributed by atoms with Gasteiger partial charge in [-0.3, -0.25) is 9.55 Å². The summed E-state index contributed by atoms with van der Waals surface area (Å²) in [7, 11) is 0. The lowest BCUT2D eigenvalue weighted by molar-refractivity contribution is -0.274. The SMILES string of the molecule is O=c1n(Cc2ccncc2N2CCCCC2)cc(O)n1-c1ccc(OC(F)(F)F)cc1. The Morgan fingerprint density at radius 2 is 1.77 bits per heavy atom. The standard InChI is InChI=1S/C21H21F3N4O3/c22-21(23,24)31-17-6-4-16(5-7-17)28-19(29)14-27(20(28)30)13-15-8-9-25-12-18(15)26-10-2-1-3-11-26/h4-9,12,14,29H,1-3,10-11,13H2. The molecule has 3 heterocycles. The molecule has 0 saturated carbocycles. The van der Waals surface area contributed by atoms with Gasteiger partial charge < -0.3 is 14.7 Å². The highest BCUT2D eigenvalue weighted by molar-refractivity contribution is 5.52. The number of alkyl halides is 3. The summed E-state index contributed by atoms with van der Waals surface area (Å²) < 4.78 is 43.3. The van der Waals surface area contributed by atoms with Crippen LogP contribution in [0.15, 0.2) is 53.7 Å². The summed E-state index contributed by atoms with van der Waals surface area (Å²) in [6.45, 7) is 2.07. The zero-order chi connectivity index (χ0) is 22.0. The summed E-state index contributed by atoms with van der Waals surface area (Å²) in [4.78, 5) is 19.4. The molecule has 164 valence electrons. The van der Waals surface area contributed by atoms with Gasteiger partial charge in [-0.25, -0.2) is 9.36 Å². The van der Waals surface area contributed by atoms with Gasteiger partial charge >= 0.3 is 12.1 Å². The molecule has 1 aliphatic rings. The summed E-state index contributed by atoms with van der Waals surface area (Å²) in [5, 5.41) is 10.3. The number of rotatable bonds is 5. The van der Waals surface area contributed by atoms with Gasteiger partial charge in [-0.05, 0) is 55.2 Å². The Morgan fingerprint density at radius 1 is 1.06 bits per heavy atom. The smallest absolute Gasteiger partial charge is 0.493 e. The summed E-state index contributed by atoms with van der Waals surface area (Å²) >= 11 is 0. The number of anilines is 1. The zero-order valence-corrected chi connectivity index (χ0v) is 16.5. The molecule has 1 fully saturated rings. The van der Waals surface area contributed by atoms with Crippen molar-refractivity contribution in [1.82, 2.24) is 14.1 Å². The number of benzene rings is 1. The first kappa shape index (κ1) is 20.8. The molecule has 3 aromatic rings. The van der Waals surface area contributed by atoms with Crippen LogP contribution in [0.1, 0.15) is 24.8 Å². The van der Waals surface area contributed by atoms with Crippen molar-refractivity contribution in [2.75, 3.05) is 18.0 Å². The van der Waals surface area contributed by atoms with Crippen LogP contribution in [-0.4, -0.2) is 38.7 Å². The van der Waals surface area contributed by atoms with E-state index < -0.39 is 17.8 Å². The molecular formula is C21H21F3N4O3. The van der Waals surface area contributed by atoms with Gasteiger partial charge in [0.25, 0.3) is 0 Å². The van der Waals surface area contributed by atoms with Crippen molar-refractivity contribution in [3.05, 3.63) is 65.0 Å². The number of hydrogen-bond donors (Lipinski definition) is 1. The van der Waals surface area contributed by atoms with Crippen LogP contribution in [0.4, 0.5) is 18.9 Å². The first-order valence-corrected chi connectivity index (χ1v) is 9.87. The maximum absolute atomic E-state index is 12.9. The second-order valence-electron chi connectivity index (χ2n) is 7.33. The summed E-state index contributed by atoms with van der Waals surface area (Å²) in [5.74, 6) is -0.728. The summed E-state index contributed by atoms with van der Waals surface area (Å²) in [6.07, 6.45) is 3.32. The largest absolute Gasteiger partial charge is 0.573 e. The molecular weight excluding hydrogens is 413 g/mol. The van der Waals surface area contributed by atoms with Gasteiger partial charge in [0.1, 0.15) is 5.75 Å². The Hall–Kier alpha value is -3.43. The van der Waals surface area contributed by atoms with E-state index in [-0.39, 0.29) is 18.1 Å². The Balaban J connectivity index is 1.61. The van der Waals surface area contributed by atoms with Gasteiger partial charge in [-0.15, -0.1) is 13.2 Å². The van der Waals surface area contributed by atoms with E-state index in [1.165, 1.54) is 29.3 Å². The van der Waals surface area contributed by atoms with E-state index in [4.69, 9.17) is 0 Å². The number of hydrogen-bond acceptors (Lipinski definition) is 5. The highest BCUT2D eigenvalue weighted by Gasteiger charge is 2.31. The van der Waals surface area contributed by atoms with Crippen molar-refractivity contribution < 1.29 is 23.0 Å². The third-order valence-corrected chi connectivity index (χ3v) is 5.19. The van der Waals surface area contributed by atoms with Crippen LogP contribution in [0.5, 0.6) is 11.6 Å². The fraction of sp³-hybridized carbons (Fsp3) is 0.333. The molecule has 1 aromatic carbocycles. The average Bonchev–Trinajstić information content (AvgIpc) is 3.02. The third kappa shape index (κ3) is 4.68. The molecule has 2 aromatic heterocycles. The lowest BCUT2D eigenvalue weighted by Crippen LogP contribution is -2.31. The monoisotopic (exact) mass is 434 g/mol. The molecule has 1 saturated heterocycles. The normalized spacial score (nSPS) is 14.6. The predicted molar refractivity (Wildman–Crippen MR) is 108 cm³/mol. The third-order valence-electron chi connectivity index (χ3n) is 5.19. The van der Waals surface area contributed by atoms with E-state index >= 15 is 0 Å². The Morgan fingerprint density at radius 3 is 2.45 bits per heavy atom. The minimum absolute atomic E-state index is 0.224. The number of pyridine rings is 1. The molecule has 4 rings (SSSR count). The lowest BCUT2D eigenvalue weighted by Gasteiger charge is -2.30. The number of aromatic nitrogens is 3. The maximum atomic E-state index is 12.9. The first-order chi connectivity index (χ1) is 14.8. The number of imidazole rings is 1. The van der Waals surface area contributed by atoms with E-state index in [0.29, 0.717) is 0 Å². The molecule has 0 radical (unpaired) electrons. The second-order valence-corrected chi connectivity index (χ2v) is 7.33. The maximum Gasteiger partial charge on any atom is 0.573 e. The molecule has 0 atom stereocenters. The Kier molecular flexibility index (Phi) is 5.62. The lowest BCUT2D eigenvalue weighted by atomic mass is 10.1. The minimum Gasteiger partial charge on any atom is -0.493 e. The molecule has 0 aliphatic carbocycles. The van der Waals surface area contributed by atoms with Crippen LogP contribution in [0, 0.1) is 0 Å². The zero-order valence-electron chi connectivity index (χ0n) is 16.5. The van der Waals surface area contributed by atoms with E-state index in [1.807, 2.05) is 6.07 Å². The summed E-state index contributed by atoms with van der Waals surface area (Å²) in [5.41, 5.74) is 1.56. The molecule has 31 heavy (non-hydrogen) atoms. The van der Waals surface area contributed by atoms with Crippen LogP contribution in [-0.2, 0) is 6.54 Å². The van der Waals surface area contributed by atoms with Crippen LogP contribution < -0.4 is 15.3 Å². The topological polar surface area (TPSA) is 72.5 Å². The molecule has 0 spiro atoms. The van der Waals surface area contributed by atoms with E-state index in [9.17, 15) is 23.1 Å². The molecule has 0 unspecified atom stereocenters. The first-order valence-electron chi connectivity index (χ1n) is 9.87. The molecule has 1 N–H and O–H groups in total. The van der Waals surface area contributed by atoms with Gasteiger partial charge in [0, 0.05) is 19.3 Å². The average molecular weight is 434 g/mol. The Labute approximate surface area is 175 Å². The van der Waals surface area contributed by atoms with Gasteiger partial charge in [0.15, 0.2) is 0 Å². The highest BCUT2D eigenvalue weighted by atomic mass is 19.4. The van der Waals surface area contributed by atoms with Crippen molar-refractivity contribution in [2.24, 2.45) is 0 Å². The molecule has 10 heteroatoms. The van der Waals surface area contributed by atoms with Crippen molar-refractivity contribution in [3.63, 3.8) is 0 Å². The van der Waals surface area contributed by atoms with Crippen molar-refractivity contribution in [2.45, 2.75) is 32.2 Å². The minimum atomic E-state index is -4.81. The molecule has 0 amide bonds. The van der Waals surface area contributed by atoms with Gasteiger partial charge in [-0.2, -0.15) is 0 Å². The van der Waals surface area contributed by atoms with Crippen LogP contribution in [0.25, 0.3) is 5.69 Å². The van der Waals surface area contributed by atoms with Gasteiger partial charge in [-0.1, -0.05) is 0 Å². The number of ether oxygens (including phenoxy) is 1. The van der Waals surface area contributed by atoms with Crippen molar-refractivity contribution in [1.29, 1.82) is 0 Å². The highest BCUT2D eigenvalue weighted by Crippen LogP contribution is 2.26. The second kappa shape index (κ2) is 8.37. The number of nitrogens with zero attached hydrogens (tertiary/aromatic N) is 4. The van der Waals surface area contributed by atoms with Crippen LogP contribution in [0.2, 0.25) is 0 Å². The molecule has 1 aliphatic heterocycles. The fourth-order valence-corrected chi connectivity index (χ4v) is 3.78. The van der Waals surface area contributed by atoms with Crippen molar-refractivity contribution in [3.8, 4) is 17.3 Å². The molecule has 7 nitrogen and oxygen atoms in total. The predicted octanol–water partition coefficient (Wildman–Crippen LogP) is 3.68. The van der Waals surface area contributed by atoms with E-state index in [1.54, 1.807) is 12.4 Å². The van der Waals surface area contributed by atoms with Gasteiger partial charge in [0.2, 0.25) is 5.88 Å². The van der Waals surface area contributed by atoms with E-state index in [0.717, 1.165) is 53.9 Å². The van der Waals surface area contributed by atoms with Crippen LogP contribution >= 0.6 is 0 Å². The quantitative estimate of drug-likeness (QED) is 0.663. The van der Waals surface area contributed by atoms with Crippen LogP contribution in [0.3, 0.4) is 0 Å². The molecule has 0 bridgehead atoms. The van der Waals surface area contributed by atoms with Crippen molar-refractivity contribution >= 4 is 5.69 Å².